The SMILES string of the molecule is CC(C(=O)O)N(C)C(=O)NCc1ccc(F)cc1F. The topological polar surface area (TPSA) is 69.6 Å². The van der Waals surface area contributed by atoms with Gasteiger partial charge in [-0.3, -0.25) is 0 Å². The minimum atomic E-state index is -1.15. The molecule has 0 saturated carbocycles. The van der Waals surface area contributed by atoms with E-state index in [9.17, 15) is 18.4 Å². The molecule has 1 unspecified atom stereocenters. The summed E-state index contributed by atoms with van der Waals surface area (Å²) in [6.45, 7) is 1.20. The van der Waals surface area contributed by atoms with Gasteiger partial charge in [0.15, 0.2) is 0 Å². The van der Waals surface area contributed by atoms with E-state index in [4.69, 9.17) is 5.11 Å². The molecule has 7 heteroatoms. The number of carbonyl (C=O) groups is 2. The lowest BCUT2D eigenvalue weighted by Gasteiger charge is -2.21. The van der Waals surface area contributed by atoms with Crippen molar-refractivity contribution in [2.75, 3.05) is 7.05 Å². The molecule has 0 aromatic heterocycles. The molecule has 0 bridgehead atoms. The average Bonchev–Trinajstić information content (AvgIpc) is 2.35. The minimum absolute atomic E-state index is 0.117. The van der Waals surface area contributed by atoms with Crippen LogP contribution in [0, 0.1) is 11.6 Å². The third-order valence-electron chi connectivity index (χ3n) is 2.70. The Morgan fingerprint density at radius 1 is 1.42 bits per heavy atom. The number of carboxylic acids is 1. The van der Waals surface area contributed by atoms with Crippen LogP contribution in [0.1, 0.15) is 12.5 Å². The zero-order valence-electron chi connectivity index (χ0n) is 10.5. The van der Waals surface area contributed by atoms with Gasteiger partial charge < -0.3 is 15.3 Å². The molecular formula is C12H14F2N2O3. The normalized spacial score (nSPS) is 11.8. The first kappa shape index (κ1) is 14.9. The lowest BCUT2D eigenvalue weighted by atomic mass is 10.2. The molecule has 1 aromatic rings. The van der Waals surface area contributed by atoms with E-state index >= 15 is 0 Å². The number of aliphatic carboxylic acids is 1. The summed E-state index contributed by atoms with van der Waals surface area (Å²) in [6, 6.07) is 1.35. The Morgan fingerprint density at radius 3 is 2.58 bits per heavy atom. The third-order valence-corrected chi connectivity index (χ3v) is 2.70. The molecule has 0 spiro atoms. The maximum atomic E-state index is 13.3. The van der Waals surface area contributed by atoms with Gasteiger partial charge in [0.1, 0.15) is 17.7 Å². The second kappa shape index (κ2) is 6.12. The summed E-state index contributed by atoms with van der Waals surface area (Å²) in [5.74, 6) is -2.62. The molecular weight excluding hydrogens is 258 g/mol. The second-order valence-electron chi connectivity index (χ2n) is 4.02. The van der Waals surface area contributed by atoms with Crippen molar-refractivity contribution in [3.8, 4) is 0 Å². The van der Waals surface area contributed by atoms with Gasteiger partial charge in [-0.2, -0.15) is 0 Å². The largest absolute Gasteiger partial charge is 0.480 e. The van der Waals surface area contributed by atoms with Gasteiger partial charge in [0.05, 0.1) is 0 Å². The number of carbonyl (C=O) groups excluding carboxylic acids is 1. The van der Waals surface area contributed by atoms with Crippen LogP contribution in [0.5, 0.6) is 0 Å². The Bertz CT molecular complexity index is 494. The van der Waals surface area contributed by atoms with Crippen LogP contribution in [0.3, 0.4) is 0 Å². The van der Waals surface area contributed by atoms with Gasteiger partial charge in [0, 0.05) is 25.2 Å². The molecule has 0 fully saturated rings. The highest BCUT2D eigenvalue weighted by Gasteiger charge is 2.21. The first-order chi connectivity index (χ1) is 8.82. The van der Waals surface area contributed by atoms with Crippen LogP contribution in [-0.4, -0.2) is 35.1 Å². The molecule has 0 aliphatic rings. The zero-order valence-corrected chi connectivity index (χ0v) is 10.5. The standard InChI is InChI=1S/C12H14F2N2O3/c1-7(11(17)18)16(2)12(19)15-6-8-3-4-9(13)5-10(8)14/h3-5,7H,6H2,1-2H3,(H,15,19)(H,17,18). The van der Waals surface area contributed by atoms with E-state index < -0.39 is 29.7 Å². The highest BCUT2D eigenvalue weighted by molar-refractivity contribution is 5.82. The van der Waals surface area contributed by atoms with Gasteiger partial charge in [-0.25, -0.2) is 18.4 Å². The molecule has 104 valence electrons. The van der Waals surface area contributed by atoms with Crippen molar-refractivity contribution in [1.82, 2.24) is 10.2 Å². The van der Waals surface area contributed by atoms with Gasteiger partial charge in [-0.1, -0.05) is 6.07 Å². The molecule has 2 amide bonds. The van der Waals surface area contributed by atoms with Crippen LogP contribution in [0.15, 0.2) is 18.2 Å². The Morgan fingerprint density at radius 2 is 2.05 bits per heavy atom. The molecule has 0 saturated heterocycles. The molecule has 0 heterocycles. The Balaban J connectivity index is 2.61. The maximum absolute atomic E-state index is 13.3. The Labute approximate surface area is 108 Å². The second-order valence-corrected chi connectivity index (χ2v) is 4.02. The van der Waals surface area contributed by atoms with Crippen LogP contribution in [0.4, 0.5) is 13.6 Å². The van der Waals surface area contributed by atoms with E-state index in [0.717, 1.165) is 11.0 Å². The summed E-state index contributed by atoms with van der Waals surface area (Å²) in [6.07, 6.45) is 0. The average molecular weight is 272 g/mol. The van der Waals surface area contributed by atoms with Crippen molar-refractivity contribution in [2.24, 2.45) is 0 Å². The Kier molecular flexibility index (Phi) is 4.80. The maximum Gasteiger partial charge on any atom is 0.326 e. The fourth-order valence-corrected chi connectivity index (χ4v) is 1.30. The van der Waals surface area contributed by atoms with E-state index in [1.54, 1.807) is 0 Å². The fraction of sp³-hybridized carbons (Fsp3) is 0.333. The number of nitrogens with zero attached hydrogens (tertiary/aromatic N) is 1. The molecule has 2 N–H and O–H groups in total. The van der Waals surface area contributed by atoms with Crippen LogP contribution in [0.25, 0.3) is 0 Å². The number of urea groups is 1. The van der Waals surface area contributed by atoms with E-state index in [0.29, 0.717) is 6.07 Å². The number of hydrogen-bond acceptors (Lipinski definition) is 2. The lowest BCUT2D eigenvalue weighted by Crippen LogP contribution is -2.45. The van der Waals surface area contributed by atoms with Crippen molar-refractivity contribution in [1.29, 1.82) is 0 Å². The molecule has 19 heavy (non-hydrogen) atoms. The van der Waals surface area contributed by atoms with Gasteiger partial charge in [-0.15, -0.1) is 0 Å². The first-order valence-electron chi connectivity index (χ1n) is 5.50. The summed E-state index contributed by atoms with van der Waals surface area (Å²) >= 11 is 0. The summed E-state index contributed by atoms with van der Waals surface area (Å²) in [5.41, 5.74) is 0.117. The lowest BCUT2D eigenvalue weighted by molar-refractivity contribution is -0.141. The highest BCUT2D eigenvalue weighted by atomic mass is 19.1. The molecule has 1 rings (SSSR count). The van der Waals surface area contributed by atoms with E-state index in [-0.39, 0.29) is 12.1 Å². The van der Waals surface area contributed by atoms with Crippen LogP contribution < -0.4 is 5.32 Å². The van der Waals surface area contributed by atoms with Crippen molar-refractivity contribution >= 4 is 12.0 Å². The van der Waals surface area contributed by atoms with Crippen molar-refractivity contribution in [3.63, 3.8) is 0 Å². The van der Waals surface area contributed by atoms with E-state index in [2.05, 4.69) is 5.32 Å². The van der Waals surface area contributed by atoms with Crippen molar-refractivity contribution < 1.29 is 23.5 Å². The first-order valence-corrected chi connectivity index (χ1v) is 5.50. The molecule has 1 aromatic carbocycles. The quantitative estimate of drug-likeness (QED) is 0.874. The van der Waals surface area contributed by atoms with Gasteiger partial charge in [0.25, 0.3) is 0 Å². The van der Waals surface area contributed by atoms with E-state index in [1.807, 2.05) is 0 Å². The number of nitrogens with one attached hydrogen (secondary N) is 1. The van der Waals surface area contributed by atoms with Crippen LogP contribution >= 0.6 is 0 Å². The minimum Gasteiger partial charge on any atom is -0.480 e. The predicted octanol–water partition coefficient (Wildman–Crippen LogP) is 1.58. The predicted molar refractivity (Wildman–Crippen MR) is 63.5 cm³/mol. The number of benzene rings is 1. The number of carboxylic acid groups (broad SMARTS) is 1. The van der Waals surface area contributed by atoms with Crippen LogP contribution in [0.2, 0.25) is 0 Å². The zero-order chi connectivity index (χ0) is 14.6. The van der Waals surface area contributed by atoms with Crippen molar-refractivity contribution in [3.05, 3.63) is 35.4 Å². The van der Waals surface area contributed by atoms with Gasteiger partial charge >= 0.3 is 12.0 Å². The number of likely N-dealkylation sites (N-methyl/N-ethyl adjacent to an activating group) is 1. The highest BCUT2D eigenvalue weighted by Crippen LogP contribution is 2.09. The molecule has 5 nitrogen and oxygen atoms in total. The van der Waals surface area contributed by atoms with Gasteiger partial charge in [-0.05, 0) is 13.0 Å². The molecule has 0 radical (unpaired) electrons. The molecule has 0 aliphatic heterocycles. The monoisotopic (exact) mass is 272 g/mol. The summed E-state index contributed by atoms with van der Waals surface area (Å²) in [4.78, 5) is 23.3. The molecule has 1 atom stereocenters. The smallest absolute Gasteiger partial charge is 0.326 e. The number of halogens is 2. The summed E-state index contributed by atoms with van der Waals surface area (Å²) < 4.78 is 26.0. The van der Waals surface area contributed by atoms with E-state index in [1.165, 1.54) is 20.0 Å². The Hall–Kier alpha value is -2.18. The van der Waals surface area contributed by atoms with Crippen molar-refractivity contribution in [2.45, 2.75) is 19.5 Å². The molecule has 0 aliphatic carbocycles. The summed E-state index contributed by atoms with van der Waals surface area (Å²) in [7, 11) is 1.31. The van der Waals surface area contributed by atoms with Crippen LogP contribution in [-0.2, 0) is 11.3 Å². The third kappa shape index (κ3) is 3.90. The summed E-state index contributed by atoms with van der Waals surface area (Å²) in [5, 5.41) is 11.1. The fourth-order valence-electron chi connectivity index (χ4n) is 1.30. The number of hydrogen-bond donors (Lipinski definition) is 2. The number of rotatable bonds is 4. The number of amides is 2. The van der Waals surface area contributed by atoms with Gasteiger partial charge in [0.2, 0.25) is 0 Å².